The maximum atomic E-state index is 12.4. The van der Waals surface area contributed by atoms with Crippen LogP contribution in [0.1, 0.15) is 15.9 Å². The number of nitrogens with zero attached hydrogens (tertiary/aromatic N) is 1. The first-order valence-corrected chi connectivity index (χ1v) is 7.41. The van der Waals surface area contributed by atoms with Crippen LogP contribution in [-0.4, -0.2) is 27.7 Å². The number of benzene rings is 1. The van der Waals surface area contributed by atoms with Crippen LogP contribution in [0.2, 0.25) is 0 Å². The van der Waals surface area contributed by atoms with Gasteiger partial charge in [-0.25, -0.2) is 0 Å². The number of rotatable bonds is 5. The van der Waals surface area contributed by atoms with E-state index in [1.165, 1.54) is 12.3 Å². The number of alkyl halides is 1. The topological polar surface area (TPSA) is 53.2 Å². The maximum absolute atomic E-state index is 12.4. The van der Waals surface area contributed by atoms with Crippen LogP contribution in [0.25, 0.3) is 0 Å². The van der Waals surface area contributed by atoms with Gasteiger partial charge in [0, 0.05) is 36.2 Å². The summed E-state index contributed by atoms with van der Waals surface area (Å²) in [5.41, 5.74) is 1.20. The number of carbonyl (C=O) groups is 1. The van der Waals surface area contributed by atoms with Crippen LogP contribution < -0.4 is 5.56 Å². The number of H-pyrrole nitrogens is 1. The Hall–Kier alpha value is -1.88. The monoisotopic (exact) mass is 334 g/mol. The number of amides is 1. The van der Waals surface area contributed by atoms with Crippen molar-refractivity contribution >= 4 is 21.8 Å². The van der Waals surface area contributed by atoms with Gasteiger partial charge in [0.2, 0.25) is 5.56 Å². The molecule has 0 atom stereocenters. The highest BCUT2D eigenvalue weighted by Gasteiger charge is 2.15. The van der Waals surface area contributed by atoms with Crippen LogP contribution in [0.15, 0.2) is 53.5 Å². The lowest BCUT2D eigenvalue weighted by atomic mass is 10.2. The zero-order chi connectivity index (χ0) is 14.4. The fraction of sp³-hybridized carbons (Fsp3) is 0.200. The predicted molar refractivity (Wildman–Crippen MR) is 82.0 cm³/mol. The molecule has 1 aromatic carbocycles. The van der Waals surface area contributed by atoms with Crippen molar-refractivity contribution in [1.29, 1.82) is 0 Å². The van der Waals surface area contributed by atoms with Crippen molar-refractivity contribution in [2.75, 3.05) is 11.9 Å². The van der Waals surface area contributed by atoms with E-state index in [4.69, 9.17) is 0 Å². The summed E-state index contributed by atoms with van der Waals surface area (Å²) in [7, 11) is 0. The van der Waals surface area contributed by atoms with Crippen LogP contribution in [0.3, 0.4) is 0 Å². The SMILES string of the molecule is O=C(c1cc[nH]c(=O)c1)N(CCBr)Cc1ccccc1. The van der Waals surface area contributed by atoms with E-state index in [0.717, 1.165) is 5.56 Å². The van der Waals surface area contributed by atoms with E-state index in [0.29, 0.717) is 24.0 Å². The van der Waals surface area contributed by atoms with E-state index in [9.17, 15) is 9.59 Å². The smallest absolute Gasteiger partial charge is 0.254 e. The summed E-state index contributed by atoms with van der Waals surface area (Å²) in [6.45, 7) is 1.11. The van der Waals surface area contributed by atoms with Gasteiger partial charge in [0.1, 0.15) is 0 Å². The number of halogens is 1. The van der Waals surface area contributed by atoms with E-state index >= 15 is 0 Å². The van der Waals surface area contributed by atoms with E-state index in [-0.39, 0.29) is 11.5 Å². The standard InChI is InChI=1S/C15H15BrN2O2/c16-7-9-18(11-12-4-2-1-3-5-12)15(20)13-6-8-17-14(19)10-13/h1-6,8,10H,7,9,11H2,(H,17,19). The lowest BCUT2D eigenvalue weighted by Gasteiger charge is -2.22. The molecule has 0 spiro atoms. The molecule has 0 saturated heterocycles. The highest BCUT2D eigenvalue weighted by Crippen LogP contribution is 2.09. The molecule has 20 heavy (non-hydrogen) atoms. The normalized spacial score (nSPS) is 10.2. The Bertz CT molecular complexity index is 625. The average Bonchev–Trinajstić information content (AvgIpc) is 2.47. The van der Waals surface area contributed by atoms with Gasteiger partial charge in [0.05, 0.1) is 0 Å². The zero-order valence-corrected chi connectivity index (χ0v) is 12.5. The van der Waals surface area contributed by atoms with Crippen LogP contribution in [0.4, 0.5) is 0 Å². The molecule has 5 heteroatoms. The molecule has 2 aromatic rings. The number of carbonyl (C=O) groups excluding carboxylic acids is 1. The van der Waals surface area contributed by atoms with Crippen LogP contribution in [0.5, 0.6) is 0 Å². The summed E-state index contributed by atoms with van der Waals surface area (Å²) < 4.78 is 0. The minimum absolute atomic E-state index is 0.139. The third kappa shape index (κ3) is 3.81. The summed E-state index contributed by atoms with van der Waals surface area (Å²) in [6, 6.07) is 12.7. The fourth-order valence-corrected chi connectivity index (χ4v) is 2.35. The van der Waals surface area contributed by atoms with Crippen molar-refractivity contribution < 1.29 is 4.79 Å². The Kier molecular flexibility index (Phi) is 5.12. The maximum Gasteiger partial charge on any atom is 0.254 e. The van der Waals surface area contributed by atoms with Gasteiger partial charge in [0.25, 0.3) is 5.91 Å². The molecule has 0 aliphatic heterocycles. The molecule has 1 amide bonds. The Morgan fingerprint density at radius 1 is 1.20 bits per heavy atom. The second kappa shape index (κ2) is 7.05. The predicted octanol–water partition coefficient (Wildman–Crippen LogP) is 2.41. The first-order valence-electron chi connectivity index (χ1n) is 6.28. The highest BCUT2D eigenvalue weighted by molar-refractivity contribution is 9.09. The van der Waals surface area contributed by atoms with Crippen LogP contribution in [-0.2, 0) is 6.54 Å². The molecule has 0 aliphatic rings. The quantitative estimate of drug-likeness (QED) is 0.853. The number of nitrogens with one attached hydrogen (secondary N) is 1. The molecule has 0 fully saturated rings. The lowest BCUT2D eigenvalue weighted by molar-refractivity contribution is 0.0754. The summed E-state index contributed by atoms with van der Waals surface area (Å²) >= 11 is 3.36. The Morgan fingerprint density at radius 3 is 2.60 bits per heavy atom. The molecule has 0 radical (unpaired) electrons. The van der Waals surface area contributed by atoms with Gasteiger partial charge in [0.15, 0.2) is 0 Å². The van der Waals surface area contributed by atoms with Gasteiger partial charge in [-0.3, -0.25) is 9.59 Å². The minimum atomic E-state index is -0.269. The van der Waals surface area contributed by atoms with E-state index in [1.54, 1.807) is 11.0 Å². The van der Waals surface area contributed by atoms with E-state index in [1.807, 2.05) is 30.3 Å². The van der Waals surface area contributed by atoms with Crippen LogP contribution in [0, 0.1) is 0 Å². The second-order valence-corrected chi connectivity index (χ2v) is 5.14. The molecule has 0 unspecified atom stereocenters. The molecule has 1 aromatic heterocycles. The van der Waals surface area contributed by atoms with Gasteiger partial charge in [-0.2, -0.15) is 0 Å². The lowest BCUT2D eigenvalue weighted by Crippen LogP contribution is -2.32. The van der Waals surface area contributed by atoms with Crippen molar-refractivity contribution in [3.8, 4) is 0 Å². The Labute approximate surface area is 125 Å². The Morgan fingerprint density at radius 2 is 1.95 bits per heavy atom. The number of pyridine rings is 1. The first kappa shape index (κ1) is 14.5. The van der Waals surface area contributed by atoms with E-state index < -0.39 is 0 Å². The molecule has 1 N–H and O–H groups in total. The summed E-state index contributed by atoms with van der Waals surface area (Å²) in [5, 5.41) is 0.689. The number of aromatic amines is 1. The summed E-state index contributed by atoms with van der Waals surface area (Å²) in [5.74, 6) is -0.139. The van der Waals surface area contributed by atoms with E-state index in [2.05, 4.69) is 20.9 Å². The largest absolute Gasteiger partial charge is 0.333 e. The van der Waals surface area contributed by atoms with Gasteiger partial charge < -0.3 is 9.88 Å². The second-order valence-electron chi connectivity index (χ2n) is 4.34. The molecule has 2 rings (SSSR count). The molecule has 0 bridgehead atoms. The Balaban J connectivity index is 2.20. The first-order chi connectivity index (χ1) is 9.70. The van der Waals surface area contributed by atoms with Crippen molar-refractivity contribution in [2.24, 2.45) is 0 Å². The van der Waals surface area contributed by atoms with Crippen molar-refractivity contribution in [3.05, 3.63) is 70.1 Å². The molecule has 1 heterocycles. The minimum Gasteiger partial charge on any atom is -0.333 e. The van der Waals surface area contributed by atoms with Gasteiger partial charge >= 0.3 is 0 Å². The molecule has 104 valence electrons. The average molecular weight is 335 g/mol. The fourth-order valence-electron chi connectivity index (χ4n) is 1.92. The summed E-state index contributed by atoms with van der Waals surface area (Å²) in [6.07, 6.45) is 1.49. The molecular formula is C15H15BrN2O2. The molecule has 0 saturated carbocycles. The van der Waals surface area contributed by atoms with Gasteiger partial charge in [-0.15, -0.1) is 0 Å². The zero-order valence-electron chi connectivity index (χ0n) is 10.9. The number of hydrogen-bond donors (Lipinski definition) is 1. The molecular weight excluding hydrogens is 320 g/mol. The third-order valence-corrected chi connectivity index (χ3v) is 3.23. The molecule has 0 aliphatic carbocycles. The number of aromatic nitrogens is 1. The number of hydrogen-bond acceptors (Lipinski definition) is 2. The molecule has 4 nitrogen and oxygen atoms in total. The third-order valence-electron chi connectivity index (χ3n) is 2.88. The van der Waals surface area contributed by atoms with Crippen molar-refractivity contribution in [3.63, 3.8) is 0 Å². The van der Waals surface area contributed by atoms with Gasteiger partial charge in [-0.05, 0) is 11.6 Å². The van der Waals surface area contributed by atoms with Crippen molar-refractivity contribution in [1.82, 2.24) is 9.88 Å². The van der Waals surface area contributed by atoms with Crippen molar-refractivity contribution in [2.45, 2.75) is 6.54 Å². The van der Waals surface area contributed by atoms with Gasteiger partial charge in [-0.1, -0.05) is 46.3 Å². The highest BCUT2D eigenvalue weighted by atomic mass is 79.9. The summed E-state index contributed by atoms with van der Waals surface area (Å²) in [4.78, 5) is 28.0. The van der Waals surface area contributed by atoms with Crippen LogP contribution >= 0.6 is 15.9 Å².